The molecule has 2 aromatic rings. The van der Waals surface area contributed by atoms with E-state index in [1.807, 2.05) is 24.3 Å². The van der Waals surface area contributed by atoms with Gasteiger partial charge in [0.2, 0.25) is 0 Å². The van der Waals surface area contributed by atoms with E-state index >= 15 is 0 Å². The molecule has 1 fully saturated rings. The summed E-state index contributed by atoms with van der Waals surface area (Å²) in [5.74, 6) is 0.326. The number of benzene rings is 2. The van der Waals surface area contributed by atoms with Crippen LogP contribution in [0, 0.1) is 11.3 Å². The zero-order valence-corrected chi connectivity index (χ0v) is 17.0. The molecule has 0 aliphatic carbocycles. The summed E-state index contributed by atoms with van der Waals surface area (Å²) < 4.78 is 11.1. The highest BCUT2D eigenvalue weighted by atomic mass is 16.5. The minimum absolute atomic E-state index is 0.326. The number of aryl methyl sites for hydroxylation is 1. The molecule has 0 bridgehead atoms. The molecule has 0 spiro atoms. The van der Waals surface area contributed by atoms with E-state index in [-0.39, 0.29) is 0 Å². The summed E-state index contributed by atoms with van der Waals surface area (Å²) in [6, 6.07) is 13.6. The van der Waals surface area contributed by atoms with Gasteiger partial charge in [-0.15, -0.1) is 0 Å². The number of nitriles is 1. The predicted octanol–water partition coefficient (Wildman–Crippen LogP) is 1.23. The number of aliphatic hydroxyl groups excluding tert-OH is 4. The largest absolute Gasteiger partial charge is 0.495 e. The minimum atomic E-state index is -1.48. The smallest absolute Gasteiger partial charge is 0.137 e. The summed E-state index contributed by atoms with van der Waals surface area (Å²) in [6.07, 6.45) is -4.93. The molecule has 1 heterocycles. The van der Waals surface area contributed by atoms with E-state index in [0.29, 0.717) is 28.9 Å². The van der Waals surface area contributed by atoms with Gasteiger partial charge in [-0.2, -0.15) is 5.26 Å². The van der Waals surface area contributed by atoms with Crippen molar-refractivity contribution >= 4 is 0 Å². The first-order valence-corrected chi connectivity index (χ1v) is 9.92. The van der Waals surface area contributed by atoms with Crippen LogP contribution in [0.5, 0.6) is 5.75 Å². The first kappa shape index (κ1) is 22.2. The van der Waals surface area contributed by atoms with E-state index in [2.05, 4.69) is 13.0 Å². The van der Waals surface area contributed by atoms with Crippen molar-refractivity contribution in [2.45, 2.75) is 50.3 Å². The summed E-state index contributed by atoms with van der Waals surface area (Å²) in [4.78, 5) is 0. The molecule has 1 saturated heterocycles. The molecule has 4 N–H and O–H groups in total. The lowest BCUT2D eigenvalue weighted by Gasteiger charge is -2.40. The summed E-state index contributed by atoms with van der Waals surface area (Å²) in [6.45, 7) is 1.57. The maximum Gasteiger partial charge on any atom is 0.137 e. The number of nitrogens with zero attached hydrogens (tertiary/aromatic N) is 1. The van der Waals surface area contributed by atoms with Gasteiger partial charge in [0.25, 0.3) is 0 Å². The summed E-state index contributed by atoms with van der Waals surface area (Å²) in [7, 11) is 1.45. The number of rotatable bonds is 6. The maximum atomic E-state index is 10.5. The Kier molecular flexibility index (Phi) is 7.08. The Morgan fingerprint density at radius 3 is 2.27 bits per heavy atom. The molecule has 1 aliphatic heterocycles. The second-order valence-electron chi connectivity index (χ2n) is 7.47. The van der Waals surface area contributed by atoms with Crippen LogP contribution >= 0.6 is 0 Å². The number of hydrogen-bond donors (Lipinski definition) is 4. The predicted molar refractivity (Wildman–Crippen MR) is 109 cm³/mol. The van der Waals surface area contributed by atoms with E-state index in [0.717, 1.165) is 12.0 Å². The SMILES string of the molecule is CCc1ccc(Cc2cc(C3OC(CO)C(O)C(O)C3O)cc(OC)c2C#N)cc1. The third-order valence-electron chi connectivity index (χ3n) is 5.58. The van der Waals surface area contributed by atoms with Gasteiger partial charge in [0, 0.05) is 0 Å². The minimum Gasteiger partial charge on any atom is -0.495 e. The third-order valence-corrected chi connectivity index (χ3v) is 5.58. The molecule has 3 rings (SSSR count). The average molecular weight is 413 g/mol. The van der Waals surface area contributed by atoms with E-state index in [1.54, 1.807) is 12.1 Å². The van der Waals surface area contributed by atoms with Gasteiger partial charge in [-0.1, -0.05) is 37.3 Å². The van der Waals surface area contributed by atoms with Gasteiger partial charge >= 0.3 is 0 Å². The maximum absolute atomic E-state index is 10.5. The summed E-state index contributed by atoms with van der Waals surface area (Å²) in [5.41, 5.74) is 3.78. The van der Waals surface area contributed by atoms with E-state index in [4.69, 9.17) is 9.47 Å². The molecule has 0 saturated carbocycles. The zero-order valence-electron chi connectivity index (χ0n) is 17.0. The summed E-state index contributed by atoms with van der Waals surface area (Å²) in [5, 5.41) is 49.8. The van der Waals surface area contributed by atoms with Crippen molar-refractivity contribution in [1.29, 1.82) is 5.26 Å². The Morgan fingerprint density at radius 2 is 1.70 bits per heavy atom. The third kappa shape index (κ3) is 4.33. The molecular formula is C23H27NO6. The first-order chi connectivity index (χ1) is 14.4. The molecule has 5 unspecified atom stereocenters. The van der Waals surface area contributed by atoms with Crippen molar-refractivity contribution in [2.75, 3.05) is 13.7 Å². The van der Waals surface area contributed by atoms with E-state index in [9.17, 15) is 25.7 Å². The second-order valence-corrected chi connectivity index (χ2v) is 7.47. The molecule has 160 valence electrons. The van der Waals surface area contributed by atoms with Crippen molar-refractivity contribution in [3.05, 3.63) is 64.2 Å². The molecule has 1 aliphatic rings. The van der Waals surface area contributed by atoms with Crippen LogP contribution in [0.4, 0.5) is 0 Å². The van der Waals surface area contributed by atoms with Crippen molar-refractivity contribution in [3.63, 3.8) is 0 Å². The Labute approximate surface area is 175 Å². The number of hydrogen-bond acceptors (Lipinski definition) is 7. The topological polar surface area (TPSA) is 123 Å². The molecule has 0 radical (unpaired) electrons. The second kappa shape index (κ2) is 9.56. The number of aliphatic hydroxyl groups is 4. The molecule has 30 heavy (non-hydrogen) atoms. The fourth-order valence-corrected chi connectivity index (χ4v) is 3.78. The molecular weight excluding hydrogens is 386 g/mol. The number of methoxy groups -OCH3 is 1. The van der Waals surface area contributed by atoms with Crippen LogP contribution in [0.25, 0.3) is 0 Å². The van der Waals surface area contributed by atoms with Crippen LogP contribution in [0.15, 0.2) is 36.4 Å². The van der Waals surface area contributed by atoms with Gasteiger partial charge < -0.3 is 29.9 Å². The monoisotopic (exact) mass is 413 g/mol. The highest BCUT2D eigenvalue weighted by Crippen LogP contribution is 2.36. The lowest BCUT2D eigenvalue weighted by molar-refractivity contribution is -0.231. The molecule has 0 amide bonds. The Bertz CT molecular complexity index is 905. The Morgan fingerprint density at radius 1 is 1.03 bits per heavy atom. The van der Waals surface area contributed by atoms with Gasteiger partial charge in [0.05, 0.1) is 19.3 Å². The van der Waals surface area contributed by atoms with Gasteiger partial charge in [0.15, 0.2) is 0 Å². The number of ether oxygens (including phenoxy) is 2. The molecule has 0 aromatic heterocycles. The van der Waals surface area contributed by atoms with Gasteiger partial charge in [-0.3, -0.25) is 0 Å². The molecule has 5 atom stereocenters. The summed E-state index contributed by atoms with van der Waals surface area (Å²) >= 11 is 0. The molecule has 2 aromatic carbocycles. The quantitative estimate of drug-likeness (QED) is 0.562. The van der Waals surface area contributed by atoms with E-state index < -0.39 is 37.1 Å². The van der Waals surface area contributed by atoms with Crippen LogP contribution in [0.3, 0.4) is 0 Å². The fraction of sp³-hybridized carbons (Fsp3) is 0.435. The van der Waals surface area contributed by atoms with Gasteiger partial charge in [-0.05, 0) is 41.2 Å². The molecule has 7 heteroatoms. The lowest BCUT2D eigenvalue weighted by Crippen LogP contribution is -2.55. The van der Waals surface area contributed by atoms with Crippen molar-refractivity contribution in [3.8, 4) is 11.8 Å². The zero-order chi connectivity index (χ0) is 21.8. The highest BCUT2D eigenvalue weighted by Gasteiger charge is 2.44. The lowest BCUT2D eigenvalue weighted by atomic mass is 9.88. The average Bonchev–Trinajstić information content (AvgIpc) is 2.77. The fourth-order valence-electron chi connectivity index (χ4n) is 3.78. The van der Waals surface area contributed by atoms with Crippen molar-refractivity contribution in [2.24, 2.45) is 0 Å². The van der Waals surface area contributed by atoms with Crippen LogP contribution in [-0.4, -0.2) is 58.6 Å². The Hall–Kier alpha value is -2.47. The van der Waals surface area contributed by atoms with Crippen LogP contribution in [-0.2, 0) is 17.6 Å². The highest BCUT2D eigenvalue weighted by molar-refractivity contribution is 5.53. The van der Waals surface area contributed by atoms with Gasteiger partial charge in [-0.25, -0.2) is 0 Å². The van der Waals surface area contributed by atoms with Crippen LogP contribution in [0.1, 0.15) is 40.8 Å². The molecule has 7 nitrogen and oxygen atoms in total. The van der Waals surface area contributed by atoms with Gasteiger partial charge in [0.1, 0.15) is 42.3 Å². The normalized spacial score (nSPS) is 26.2. The van der Waals surface area contributed by atoms with Crippen LogP contribution in [0.2, 0.25) is 0 Å². The van der Waals surface area contributed by atoms with Crippen molar-refractivity contribution < 1.29 is 29.9 Å². The van der Waals surface area contributed by atoms with Crippen molar-refractivity contribution in [1.82, 2.24) is 0 Å². The Balaban J connectivity index is 2.01. The van der Waals surface area contributed by atoms with Crippen LogP contribution < -0.4 is 4.74 Å². The standard InChI is InChI=1S/C23H27NO6/c1-3-13-4-6-14(7-5-13)8-15-9-16(10-18(29-2)17(15)11-24)23-22(28)21(27)20(26)19(12-25)30-23/h4-7,9-10,19-23,25-28H,3,8,12H2,1-2H3. The first-order valence-electron chi connectivity index (χ1n) is 9.92. The van der Waals surface area contributed by atoms with E-state index in [1.165, 1.54) is 12.7 Å².